The van der Waals surface area contributed by atoms with Gasteiger partial charge < -0.3 is 14.6 Å². The fourth-order valence-corrected chi connectivity index (χ4v) is 3.05. The molecule has 0 radical (unpaired) electrons. The van der Waals surface area contributed by atoms with Crippen LogP contribution in [0.1, 0.15) is 31.1 Å². The van der Waals surface area contributed by atoms with Crippen LogP contribution in [0.25, 0.3) is 0 Å². The Morgan fingerprint density at radius 3 is 2.80 bits per heavy atom. The van der Waals surface area contributed by atoms with Crippen molar-refractivity contribution in [3.8, 4) is 0 Å². The quantitative estimate of drug-likeness (QED) is 0.922. The molecule has 0 saturated carbocycles. The first-order valence-electron chi connectivity index (χ1n) is 6.72. The number of nitrogens with zero attached hydrogens (tertiary/aromatic N) is 1. The lowest BCUT2D eigenvalue weighted by atomic mass is 10.1. The van der Waals surface area contributed by atoms with Crippen molar-refractivity contribution in [2.45, 2.75) is 32.9 Å². The van der Waals surface area contributed by atoms with E-state index < -0.39 is 6.04 Å². The van der Waals surface area contributed by atoms with E-state index >= 15 is 0 Å². The van der Waals surface area contributed by atoms with Gasteiger partial charge in [-0.1, -0.05) is 13.8 Å². The van der Waals surface area contributed by atoms with Crippen molar-refractivity contribution in [3.05, 3.63) is 24.2 Å². The molecule has 0 aliphatic carbocycles. The summed E-state index contributed by atoms with van der Waals surface area (Å²) in [7, 11) is 0. The first-order chi connectivity index (χ1) is 9.50. The second-order valence-corrected chi connectivity index (χ2v) is 6.34. The molecule has 0 bridgehead atoms. The van der Waals surface area contributed by atoms with Crippen molar-refractivity contribution >= 4 is 23.6 Å². The van der Waals surface area contributed by atoms with Gasteiger partial charge in [0.1, 0.15) is 12.3 Å². The Morgan fingerprint density at radius 1 is 1.45 bits per heavy atom. The van der Waals surface area contributed by atoms with Gasteiger partial charge in [-0.15, -0.1) is 11.8 Å². The molecular formula is C14H20N2O3S. The molecule has 1 fully saturated rings. The molecule has 5 nitrogen and oxygen atoms in total. The molecule has 1 aliphatic heterocycles. The van der Waals surface area contributed by atoms with E-state index in [4.69, 9.17) is 4.42 Å². The highest BCUT2D eigenvalue weighted by Gasteiger charge is 2.35. The maximum Gasteiger partial charge on any atom is 0.258 e. The predicted octanol–water partition coefficient (Wildman–Crippen LogP) is 1.96. The van der Waals surface area contributed by atoms with Gasteiger partial charge in [0.05, 0.1) is 17.7 Å². The molecule has 1 N–H and O–H groups in total. The summed E-state index contributed by atoms with van der Waals surface area (Å²) >= 11 is 1.59. The summed E-state index contributed by atoms with van der Waals surface area (Å²) in [5.74, 6) is 1.32. The van der Waals surface area contributed by atoms with Crippen molar-refractivity contribution in [2.75, 3.05) is 11.6 Å². The third kappa shape index (κ3) is 3.17. The molecule has 110 valence electrons. The van der Waals surface area contributed by atoms with Crippen LogP contribution < -0.4 is 5.32 Å². The lowest BCUT2D eigenvalue weighted by molar-refractivity contribution is -0.125. The molecule has 0 unspecified atom stereocenters. The number of carbonyl (C=O) groups excluding carboxylic acids is 2. The molecule has 6 heteroatoms. The SMILES string of the molecule is CC(C)[C@@H](C)NC(=O)[C@H]1CSCN1C(=O)c1ccoc1. The maximum absolute atomic E-state index is 12.3. The minimum atomic E-state index is -0.399. The Morgan fingerprint density at radius 2 is 2.20 bits per heavy atom. The molecule has 1 saturated heterocycles. The number of carbonyl (C=O) groups is 2. The van der Waals surface area contributed by atoms with Crippen molar-refractivity contribution in [3.63, 3.8) is 0 Å². The number of hydrogen-bond acceptors (Lipinski definition) is 4. The van der Waals surface area contributed by atoms with Crippen molar-refractivity contribution in [2.24, 2.45) is 5.92 Å². The minimum absolute atomic E-state index is 0.0759. The summed E-state index contributed by atoms with van der Waals surface area (Å²) < 4.78 is 4.93. The van der Waals surface area contributed by atoms with Gasteiger partial charge in [0.15, 0.2) is 0 Å². The normalized spacial score (nSPS) is 20.2. The number of hydrogen-bond donors (Lipinski definition) is 1. The van der Waals surface area contributed by atoms with Crippen molar-refractivity contribution in [1.82, 2.24) is 10.2 Å². The van der Waals surface area contributed by atoms with Gasteiger partial charge in [0.2, 0.25) is 5.91 Å². The van der Waals surface area contributed by atoms with E-state index in [1.54, 1.807) is 22.7 Å². The molecule has 1 aromatic rings. The van der Waals surface area contributed by atoms with Crippen LogP contribution in [-0.2, 0) is 4.79 Å². The van der Waals surface area contributed by atoms with Crippen LogP contribution in [0.15, 0.2) is 23.0 Å². The van der Waals surface area contributed by atoms with Crippen LogP contribution in [0.3, 0.4) is 0 Å². The van der Waals surface area contributed by atoms with E-state index in [1.165, 1.54) is 12.5 Å². The van der Waals surface area contributed by atoms with E-state index in [1.807, 2.05) is 6.92 Å². The van der Waals surface area contributed by atoms with Gasteiger partial charge in [-0.05, 0) is 18.9 Å². The second-order valence-electron chi connectivity index (χ2n) is 5.34. The van der Waals surface area contributed by atoms with Crippen LogP contribution in [-0.4, -0.2) is 40.4 Å². The first-order valence-corrected chi connectivity index (χ1v) is 7.87. The molecule has 1 aromatic heterocycles. The topological polar surface area (TPSA) is 62.6 Å². The molecule has 1 aliphatic rings. The van der Waals surface area contributed by atoms with Crippen molar-refractivity contribution < 1.29 is 14.0 Å². The Balaban J connectivity index is 2.04. The molecule has 0 spiro atoms. The third-order valence-corrected chi connectivity index (χ3v) is 4.60. The predicted molar refractivity (Wildman–Crippen MR) is 78.4 cm³/mol. The molecule has 2 amide bonds. The van der Waals surface area contributed by atoms with Gasteiger partial charge in [0, 0.05) is 11.8 Å². The number of rotatable bonds is 4. The molecule has 20 heavy (non-hydrogen) atoms. The molecule has 0 aromatic carbocycles. The van der Waals surface area contributed by atoms with E-state index in [0.717, 1.165) is 0 Å². The average molecular weight is 296 g/mol. The summed E-state index contributed by atoms with van der Waals surface area (Å²) in [4.78, 5) is 26.2. The zero-order valence-corrected chi connectivity index (χ0v) is 12.8. The van der Waals surface area contributed by atoms with Gasteiger partial charge in [-0.2, -0.15) is 0 Å². The van der Waals surface area contributed by atoms with Crippen LogP contribution in [0.4, 0.5) is 0 Å². The van der Waals surface area contributed by atoms with E-state index in [2.05, 4.69) is 19.2 Å². The summed E-state index contributed by atoms with van der Waals surface area (Å²) in [6, 6.07) is 1.32. The maximum atomic E-state index is 12.3. The van der Waals surface area contributed by atoms with E-state index in [-0.39, 0.29) is 17.9 Å². The second kappa shape index (κ2) is 6.35. The fraction of sp³-hybridized carbons (Fsp3) is 0.571. The zero-order valence-electron chi connectivity index (χ0n) is 12.0. The highest BCUT2D eigenvalue weighted by atomic mass is 32.2. The fourth-order valence-electron chi connectivity index (χ4n) is 1.90. The lowest BCUT2D eigenvalue weighted by Crippen LogP contribution is -2.50. The standard InChI is InChI=1S/C14H20N2O3S/c1-9(2)10(3)15-13(17)12-7-20-8-16(12)14(18)11-4-5-19-6-11/h4-6,9-10,12H,7-8H2,1-3H3,(H,15,17)/t10-,12-/m1/s1. The number of thioether (sulfide) groups is 1. The molecular weight excluding hydrogens is 276 g/mol. The van der Waals surface area contributed by atoms with Crippen molar-refractivity contribution in [1.29, 1.82) is 0 Å². The number of furan rings is 1. The largest absolute Gasteiger partial charge is 0.472 e. The summed E-state index contributed by atoms with van der Waals surface area (Å²) in [6.45, 7) is 6.10. The van der Waals surface area contributed by atoms with Gasteiger partial charge in [0.25, 0.3) is 5.91 Å². The Kier molecular flexibility index (Phi) is 4.75. The highest BCUT2D eigenvalue weighted by Crippen LogP contribution is 2.23. The highest BCUT2D eigenvalue weighted by molar-refractivity contribution is 7.99. The molecule has 2 rings (SSSR count). The zero-order chi connectivity index (χ0) is 14.7. The summed E-state index contributed by atoms with van der Waals surface area (Å²) in [5, 5.41) is 2.98. The van der Waals surface area contributed by atoms with Gasteiger partial charge >= 0.3 is 0 Å². The van der Waals surface area contributed by atoms with E-state index in [9.17, 15) is 9.59 Å². The first kappa shape index (κ1) is 15.0. The smallest absolute Gasteiger partial charge is 0.258 e. The van der Waals surface area contributed by atoms with Gasteiger partial charge in [-0.3, -0.25) is 9.59 Å². The Hall–Kier alpha value is -1.43. The monoisotopic (exact) mass is 296 g/mol. The summed E-state index contributed by atoms with van der Waals surface area (Å²) in [5.41, 5.74) is 0.488. The van der Waals surface area contributed by atoms with E-state index in [0.29, 0.717) is 23.1 Å². The number of nitrogens with one attached hydrogen (secondary N) is 1. The van der Waals surface area contributed by atoms with Crippen LogP contribution in [0.2, 0.25) is 0 Å². The van der Waals surface area contributed by atoms with Crippen LogP contribution in [0, 0.1) is 5.92 Å². The van der Waals surface area contributed by atoms with Gasteiger partial charge in [-0.25, -0.2) is 0 Å². The summed E-state index contributed by atoms with van der Waals surface area (Å²) in [6.07, 6.45) is 2.88. The number of amides is 2. The van der Waals surface area contributed by atoms with Crippen LogP contribution >= 0.6 is 11.8 Å². The Labute approximate surface area is 123 Å². The third-order valence-electron chi connectivity index (χ3n) is 3.58. The molecule has 2 atom stereocenters. The Bertz CT molecular complexity index is 473. The molecule has 2 heterocycles. The average Bonchev–Trinajstić information content (AvgIpc) is 3.08. The van der Waals surface area contributed by atoms with Crippen LogP contribution in [0.5, 0.6) is 0 Å². The minimum Gasteiger partial charge on any atom is -0.472 e. The lowest BCUT2D eigenvalue weighted by Gasteiger charge is -2.25.